The summed E-state index contributed by atoms with van der Waals surface area (Å²) in [5.74, 6) is 0.724. The molecule has 2 aliphatic rings. The van der Waals surface area contributed by atoms with Crippen LogP contribution in [0.3, 0.4) is 0 Å². The number of piperidine rings is 1. The number of aryl methyl sites for hydroxylation is 1. The van der Waals surface area contributed by atoms with Crippen molar-refractivity contribution < 1.29 is 4.79 Å². The molecule has 0 saturated carbocycles. The molecular weight excluding hydrogens is 284 g/mol. The summed E-state index contributed by atoms with van der Waals surface area (Å²) >= 11 is 0. The van der Waals surface area contributed by atoms with E-state index in [0.717, 1.165) is 25.1 Å². The highest BCUT2D eigenvalue weighted by molar-refractivity contribution is 5.97. The maximum Gasteiger partial charge on any atom is 0.176 e. The molecule has 0 radical (unpaired) electrons. The minimum atomic E-state index is 0.222. The van der Waals surface area contributed by atoms with Crippen LogP contribution in [0.15, 0.2) is 48.5 Å². The van der Waals surface area contributed by atoms with E-state index < -0.39 is 0 Å². The maximum absolute atomic E-state index is 12.4. The summed E-state index contributed by atoms with van der Waals surface area (Å²) in [4.78, 5) is 14.8. The van der Waals surface area contributed by atoms with Gasteiger partial charge in [-0.3, -0.25) is 9.69 Å². The zero-order valence-corrected chi connectivity index (χ0v) is 13.5. The lowest BCUT2D eigenvalue weighted by atomic mass is 9.88. The van der Waals surface area contributed by atoms with Crippen LogP contribution in [-0.2, 0) is 0 Å². The molecule has 1 N–H and O–H groups in total. The van der Waals surface area contributed by atoms with Crippen LogP contribution in [0.1, 0.15) is 33.8 Å². The number of carbonyl (C=O) groups excluding carboxylic acids is 1. The van der Waals surface area contributed by atoms with Crippen molar-refractivity contribution in [3.63, 3.8) is 0 Å². The molecule has 4 rings (SSSR count). The first-order valence-electron chi connectivity index (χ1n) is 8.38. The van der Waals surface area contributed by atoms with Gasteiger partial charge in [0.25, 0.3) is 0 Å². The van der Waals surface area contributed by atoms with Crippen molar-refractivity contribution in [2.45, 2.75) is 25.3 Å². The Morgan fingerprint density at radius 1 is 1.22 bits per heavy atom. The summed E-state index contributed by atoms with van der Waals surface area (Å²) in [7, 11) is 0. The van der Waals surface area contributed by atoms with Crippen molar-refractivity contribution in [2.24, 2.45) is 0 Å². The van der Waals surface area contributed by atoms with Gasteiger partial charge in [0.05, 0.1) is 6.54 Å². The molecule has 2 atom stereocenters. The molecular formula is C20H22N2O. The van der Waals surface area contributed by atoms with Gasteiger partial charge in [0, 0.05) is 36.3 Å². The van der Waals surface area contributed by atoms with E-state index in [1.54, 1.807) is 0 Å². The van der Waals surface area contributed by atoms with E-state index in [1.165, 1.54) is 16.8 Å². The monoisotopic (exact) mass is 306 g/mol. The molecule has 0 unspecified atom stereocenters. The van der Waals surface area contributed by atoms with Gasteiger partial charge in [-0.15, -0.1) is 0 Å². The van der Waals surface area contributed by atoms with E-state index in [9.17, 15) is 4.79 Å². The summed E-state index contributed by atoms with van der Waals surface area (Å²) in [6.45, 7) is 4.62. The summed E-state index contributed by atoms with van der Waals surface area (Å²) < 4.78 is 0. The number of anilines is 1. The number of Topliss-reactive ketones (excluding diaryl/α,β-unsaturated/α-hetero) is 1. The van der Waals surface area contributed by atoms with E-state index in [-0.39, 0.29) is 5.78 Å². The van der Waals surface area contributed by atoms with Crippen LogP contribution in [0, 0.1) is 6.92 Å². The fourth-order valence-corrected chi connectivity index (χ4v) is 3.89. The van der Waals surface area contributed by atoms with Crippen LogP contribution in [-0.4, -0.2) is 36.4 Å². The van der Waals surface area contributed by atoms with Crippen molar-refractivity contribution in [1.82, 2.24) is 4.90 Å². The Labute approximate surface area is 137 Å². The van der Waals surface area contributed by atoms with Crippen LogP contribution in [0.25, 0.3) is 0 Å². The molecule has 2 aromatic rings. The molecule has 2 heterocycles. The first-order valence-corrected chi connectivity index (χ1v) is 8.38. The third-order valence-corrected chi connectivity index (χ3v) is 5.11. The molecule has 2 aliphatic heterocycles. The largest absolute Gasteiger partial charge is 0.381 e. The Morgan fingerprint density at radius 3 is 2.87 bits per heavy atom. The van der Waals surface area contributed by atoms with Crippen molar-refractivity contribution in [1.29, 1.82) is 0 Å². The first kappa shape index (κ1) is 14.5. The molecule has 0 spiro atoms. The lowest BCUT2D eigenvalue weighted by molar-refractivity contribution is 0.0904. The second-order valence-corrected chi connectivity index (χ2v) is 6.76. The number of nitrogens with zero attached hydrogens (tertiary/aromatic N) is 1. The molecule has 0 aromatic heterocycles. The highest BCUT2D eigenvalue weighted by atomic mass is 16.1. The summed E-state index contributed by atoms with van der Waals surface area (Å²) in [5.41, 5.74) is 4.83. The topological polar surface area (TPSA) is 32.3 Å². The third kappa shape index (κ3) is 2.77. The van der Waals surface area contributed by atoms with E-state index in [4.69, 9.17) is 0 Å². The molecule has 3 nitrogen and oxygen atoms in total. The number of hydrogen-bond acceptors (Lipinski definition) is 3. The predicted molar refractivity (Wildman–Crippen MR) is 93.2 cm³/mol. The number of benzene rings is 2. The highest BCUT2D eigenvalue weighted by Gasteiger charge is 2.37. The Balaban J connectivity index is 1.48. The molecule has 23 heavy (non-hydrogen) atoms. The van der Waals surface area contributed by atoms with Crippen LogP contribution in [0.4, 0.5) is 5.69 Å². The molecule has 2 aromatic carbocycles. The smallest absolute Gasteiger partial charge is 0.176 e. The fourth-order valence-electron chi connectivity index (χ4n) is 3.89. The van der Waals surface area contributed by atoms with Crippen LogP contribution < -0.4 is 5.32 Å². The van der Waals surface area contributed by atoms with Gasteiger partial charge in [-0.25, -0.2) is 0 Å². The average molecular weight is 306 g/mol. The number of likely N-dealkylation sites (tertiary alicyclic amines) is 1. The number of fused-ring (bicyclic) bond motifs is 3. The van der Waals surface area contributed by atoms with Crippen molar-refractivity contribution in [3.8, 4) is 0 Å². The van der Waals surface area contributed by atoms with Crippen molar-refractivity contribution >= 4 is 11.5 Å². The lowest BCUT2D eigenvalue weighted by Crippen LogP contribution is -2.44. The number of nitrogens with one attached hydrogen (secondary N) is 1. The third-order valence-electron chi connectivity index (χ3n) is 5.11. The van der Waals surface area contributed by atoms with Gasteiger partial charge < -0.3 is 5.32 Å². The lowest BCUT2D eigenvalue weighted by Gasteiger charge is -2.34. The van der Waals surface area contributed by atoms with E-state index in [0.29, 0.717) is 18.5 Å². The Morgan fingerprint density at radius 2 is 2.04 bits per heavy atom. The molecule has 0 bridgehead atoms. The Bertz CT molecular complexity index is 726. The van der Waals surface area contributed by atoms with Crippen molar-refractivity contribution in [2.75, 3.05) is 25.0 Å². The van der Waals surface area contributed by atoms with E-state index in [1.807, 2.05) is 30.3 Å². The van der Waals surface area contributed by atoms with Gasteiger partial charge in [-0.05, 0) is 25.0 Å². The first-order chi connectivity index (χ1) is 11.2. The van der Waals surface area contributed by atoms with Crippen LogP contribution in [0.2, 0.25) is 0 Å². The van der Waals surface area contributed by atoms with Gasteiger partial charge >= 0.3 is 0 Å². The normalized spacial score (nSPS) is 23.0. The van der Waals surface area contributed by atoms with Crippen LogP contribution in [0.5, 0.6) is 0 Å². The summed E-state index contributed by atoms with van der Waals surface area (Å²) in [5, 5.41) is 3.66. The van der Waals surface area contributed by atoms with Gasteiger partial charge in [0.1, 0.15) is 0 Å². The molecule has 1 saturated heterocycles. The molecule has 3 heteroatoms. The number of rotatable bonds is 3. The Kier molecular flexibility index (Phi) is 3.66. The molecule has 0 amide bonds. The minimum Gasteiger partial charge on any atom is -0.381 e. The molecule has 0 aliphatic carbocycles. The van der Waals surface area contributed by atoms with Crippen LogP contribution >= 0.6 is 0 Å². The molecule has 1 fully saturated rings. The second-order valence-electron chi connectivity index (χ2n) is 6.76. The maximum atomic E-state index is 12.4. The molecule has 118 valence electrons. The number of ketones is 1. The predicted octanol–water partition coefficient (Wildman–Crippen LogP) is 3.46. The van der Waals surface area contributed by atoms with Gasteiger partial charge in [-0.1, -0.05) is 48.0 Å². The van der Waals surface area contributed by atoms with E-state index in [2.05, 4.69) is 35.3 Å². The quantitative estimate of drug-likeness (QED) is 0.881. The summed E-state index contributed by atoms with van der Waals surface area (Å²) in [6, 6.07) is 16.8. The fraction of sp³-hybridized carbons (Fsp3) is 0.350. The van der Waals surface area contributed by atoms with Gasteiger partial charge in [0.15, 0.2) is 5.78 Å². The average Bonchev–Trinajstić information content (AvgIpc) is 2.93. The standard InChI is InChI=1S/C20H22N2O/c1-14-7-8-18-16(11-14)17-12-22(10-9-19(17)21-18)13-20(23)15-5-3-2-4-6-15/h2-8,11,17,19,21H,9-10,12-13H2,1H3/t17-,19-/m1/s1. The van der Waals surface area contributed by atoms with Gasteiger partial charge in [0.2, 0.25) is 0 Å². The second kappa shape index (κ2) is 5.82. The highest BCUT2D eigenvalue weighted by Crippen LogP contribution is 2.40. The van der Waals surface area contributed by atoms with E-state index >= 15 is 0 Å². The SMILES string of the molecule is Cc1ccc2c(c1)[C@H]1CN(CC(=O)c3ccccc3)CC[C@H]1N2. The minimum absolute atomic E-state index is 0.222. The van der Waals surface area contributed by atoms with Crippen molar-refractivity contribution in [3.05, 3.63) is 65.2 Å². The Hall–Kier alpha value is -2.13. The van der Waals surface area contributed by atoms with Gasteiger partial charge in [-0.2, -0.15) is 0 Å². The number of carbonyl (C=O) groups is 1. The summed E-state index contributed by atoms with van der Waals surface area (Å²) in [6.07, 6.45) is 1.10. The number of hydrogen-bond donors (Lipinski definition) is 1. The zero-order valence-electron chi connectivity index (χ0n) is 13.5. The zero-order chi connectivity index (χ0) is 15.8.